The Balaban J connectivity index is 1.60. The lowest BCUT2D eigenvalue weighted by Crippen LogP contribution is -2.44. The summed E-state index contributed by atoms with van der Waals surface area (Å²) in [6.07, 6.45) is -4.29. The van der Waals surface area contributed by atoms with E-state index in [-0.39, 0.29) is 0 Å². The Bertz CT molecular complexity index is 784. The zero-order valence-electron chi connectivity index (χ0n) is 15.6. The number of aliphatic hydroxyl groups is 2. The molecule has 152 valence electrons. The van der Waals surface area contributed by atoms with Crippen LogP contribution in [0.15, 0.2) is 48.5 Å². The lowest BCUT2D eigenvalue weighted by molar-refractivity contribution is -0.137. The molecule has 0 saturated carbocycles. The van der Waals surface area contributed by atoms with Crippen molar-refractivity contribution in [3.05, 3.63) is 65.2 Å². The molecule has 1 atom stereocenters. The van der Waals surface area contributed by atoms with Crippen LogP contribution in [-0.4, -0.2) is 41.9 Å². The molecule has 1 saturated heterocycles. The number of benzene rings is 2. The Labute approximate surface area is 162 Å². The van der Waals surface area contributed by atoms with Gasteiger partial charge in [-0.25, -0.2) is 0 Å². The average molecular weight is 395 g/mol. The summed E-state index contributed by atoms with van der Waals surface area (Å²) < 4.78 is 43.3. The van der Waals surface area contributed by atoms with Crippen molar-refractivity contribution in [2.75, 3.05) is 26.7 Å². The van der Waals surface area contributed by atoms with E-state index in [0.717, 1.165) is 17.7 Å². The quantitative estimate of drug-likeness (QED) is 0.810. The smallest absolute Gasteiger partial charge is 0.416 e. The highest BCUT2D eigenvalue weighted by Gasteiger charge is 2.36. The Kier molecular flexibility index (Phi) is 5.98. The molecule has 0 spiro atoms. The lowest BCUT2D eigenvalue weighted by atomic mass is 9.84. The molecule has 28 heavy (non-hydrogen) atoms. The summed E-state index contributed by atoms with van der Waals surface area (Å²) in [6, 6.07) is 12.0. The number of ether oxygens (including phenoxy) is 1. The zero-order valence-corrected chi connectivity index (χ0v) is 15.6. The van der Waals surface area contributed by atoms with Crippen molar-refractivity contribution in [1.29, 1.82) is 0 Å². The topological polar surface area (TPSA) is 52.9 Å². The predicted octanol–water partition coefficient (Wildman–Crippen LogP) is 3.73. The van der Waals surface area contributed by atoms with Crippen molar-refractivity contribution in [2.24, 2.45) is 0 Å². The molecule has 1 aliphatic heterocycles. The van der Waals surface area contributed by atoms with Crippen LogP contribution in [0.25, 0.3) is 0 Å². The normalized spacial score (nSPS) is 18.6. The number of nitrogens with zero attached hydrogens (tertiary/aromatic N) is 1. The van der Waals surface area contributed by atoms with Gasteiger partial charge in [0, 0.05) is 19.6 Å². The number of hydrogen-bond donors (Lipinski definition) is 2. The van der Waals surface area contributed by atoms with Crippen molar-refractivity contribution in [3.8, 4) is 5.75 Å². The van der Waals surface area contributed by atoms with Gasteiger partial charge in [0.2, 0.25) is 0 Å². The van der Waals surface area contributed by atoms with Gasteiger partial charge in [-0.05, 0) is 48.2 Å². The summed E-state index contributed by atoms with van der Waals surface area (Å²) in [5, 5.41) is 21.4. The van der Waals surface area contributed by atoms with Gasteiger partial charge in [-0.3, -0.25) is 0 Å². The third-order valence-corrected chi connectivity index (χ3v) is 5.34. The van der Waals surface area contributed by atoms with E-state index in [9.17, 15) is 23.4 Å². The van der Waals surface area contributed by atoms with Gasteiger partial charge >= 0.3 is 6.18 Å². The van der Waals surface area contributed by atoms with Crippen molar-refractivity contribution >= 4 is 0 Å². The fraction of sp³-hybridized carbons (Fsp3) is 0.429. The van der Waals surface area contributed by atoms with Crippen molar-refractivity contribution in [3.63, 3.8) is 0 Å². The molecular formula is C21H24F3NO3. The largest absolute Gasteiger partial charge is 0.497 e. The van der Waals surface area contributed by atoms with Crippen LogP contribution in [-0.2, 0) is 11.8 Å². The van der Waals surface area contributed by atoms with Crippen molar-refractivity contribution in [1.82, 2.24) is 4.90 Å². The maximum absolute atomic E-state index is 12.7. The van der Waals surface area contributed by atoms with Crippen LogP contribution in [0.5, 0.6) is 5.75 Å². The fourth-order valence-electron chi connectivity index (χ4n) is 3.56. The van der Waals surface area contributed by atoms with Crippen molar-refractivity contribution < 1.29 is 28.1 Å². The first-order valence-corrected chi connectivity index (χ1v) is 9.16. The van der Waals surface area contributed by atoms with E-state index in [2.05, 4.69) is 0 Å². The maximum atomic E-state index is 12.7. The van der Waals surface area contributed by atoms with Gasteiger partial charge in [0.05, 0.1) is 24.4 Å². The second-order valence-electron chi connectivity index (χ2n) is 7.20. The molecule has 0 aromatic heterocycles. The first-order chi connectivity index (χ1) is 13.2. The molecule has 0 unspecified atom stereocenters. The van der Waals surface area contributed by atoms with E-state index in [0.29, 0.717) is 43.8 Å². The molecule has 0 amide bonds. The highest BCUT2D eigenvalue weighted by atomic mass is 19.4. The van der Waals surface area contributed by atoms with Crippen LogP contribution in [0.4, 0.5) is 13.2 Å². The minimum atomic E-state index is -4.39. The third-order valence-electron chi connectivity index (χ3n) is 5.34. The molecule has 0 aliphatic carbocycles. The van der Waals surface area contributed by atoms with Crippen LogP contribution in [0.1, 0.15) is 35.6 Å². The number of methoxy groups -OCH3 is 1. The van der Waals surface area contributed by atoms with Gasteiger partial charge in [-0.2, -0.15) is 13.2 Å². The summed E-state index contributed by atoms with van der Waals surface area (Å²) >= 11 is 0. The highest BCUT2D eigenvalue weighted by molar-refractivity contribution is 5.31. The predicted molar refractivity (Wildman–Crippen MR) is 99.0 cm³/mol. The SMILES string of the molecule is COc1cccc([C@H](O)CN2CCC(O)(c3ccc(C(F)(F)F)cc3)CC2)c1. The Hall–Kier alpha value is -2.09. The monoisotopic (exact) mass is 395 g/mol. The molecule has 2 aromatic rings. The van der Waals surface area contributed by atoms with Gasteiger partial charge < -0.3 is 19.8 Å². The van der Waals surface area contributed by atoms with E-state index in [1.807, 2.05) is 17.0 Å². The minimum Gasteiger partial charge on any atom is -0.497 e. The fourth-order valence-corrected chi connectivity index (χ4v) is 3.56. The molecular weight excluding hydrogens is 371 g/mol. The molecule has 2 aromatic carbocycles. The summed E-state index contributed by atoms with van der Waals surface area (Å²) in [4.78, 5) is 2.04. The number of piperidine rings is 1. The number of halogens is 3. The molecule has 2 N–H and O–H groups in total. The first-order valence-electron chi connectivity index (χ1n) is 9.16. The van der Waals surface area contributed by atoms with Gasteiger partial charge in [-0.1, -0.05) is 24.3 Å². The van der Waals surface area contributed by atoms with Crippen LogP contribution in [0.3, 0.4) is 0 Å². The van der Waals surface area contributed by atoms with Gasteiger partial charge in [0.25, 0.3) is 0 Å². The lowest BCUT2D eigenvalue weighted by Gasteiger charge is -2.39. The number of alkyl halides is 3. The molecule has 3 rings (SSSR count). The molecule has 1 fully saturated rings. The van der Waals surface area contributed by atoms with Crippen LogP contribution in [0, 0.1) is 0 Å². The van der Waals surface area contributed by atoms with E-state index in [4.69, 9.17) is 4.74 Å². The first kappa shape index (κ1) is 20.6. The Morgan fingerprint density at radius 2 is 1.75 bits per heavy atom. The minimum absolute atomic E-state index is 0.392. The zero-order chi connectivity index (χ0) is 20.4. The molecule has 0 radical (unpaired) electrons. The molecule has 1 aliphatic rings. The number of β-amino-alcohol motifs (C(OH)–C–C–N with tert-alkyl or cyclic N) is 1. The Morgan fingerprint density at radius 1 is 1.11 bits per heavy atom. The van der Waals surface area contributed by atoms with Gasteiger partial charge in [0.15, 0.2) is 0 Å². The third kappa shape index (κ3) is 4.66. The number of aliphatic hydroxyl groups excluding tert-OH is 1. The number of likely N-dealkylation sites (tertiary alicyclic amines) is 1. The summed E-state index contributed by atoms with van der Waals surface area (Å²) in [5.74, 6) is 0.673. The van der Waals surface area contributed by atoms with Crippen LogP contribution < -0.4 is 4.74 Å². The second-order valence-corrected chi connectivity index (χ2v) is 7.20. The van der Waals surface area contributed by atoms with E-state index < -0.39 is 23.4 Å². The maximum Gasteiger partial charge on any atom is 0.416 e. The van der Waals surface area contributed by atoms with Crippen LogP contribution >= 0.6 is 0 Å². The summed E-state index contributed by atoms with van der Waals surface area (Å²) in [7, 11) is 1.57. The second kappa shape index (κ2) is 8.11. The van der Waals surface area contributed by atoms with Crippen molar-refractivity contribution in [2.45, 2.75) is 30.7 Å². The van der Waals surface area contributed by atoms with Gasteiger partial charge in [-0.15, -0.1) is 0 Å². The summed E-state index contributed by atoms with van der Waals surface area (Å²) in [6.45, 7) is 1.49. The molecule has 4 nitrogen and oxygen atoms in total. The van der Waals surface area contributed by atoms with E-state index in [1.54, 1.807) is 19.2 Å². The van der Waals surface area contributed by atoms with E-state index in [1.165, 1.54) is 12.1 Å². The standard InChI is InChI=1S/C21H24F3NO3/c1-28-18-4-2-3-15(13-18)19(26)14-25-11-9-20(27,10-12-25)16-5-7-17(8-6-16)21(22,23)24/h2-8,13,19,26-27H,9-12,14H2,1H3/t19-/m1/s1. The number of rotatable bonds is 5. The highest BCUT2D eigenvalue weighted by Crippen LogP contribution is 2.36. The Morgan fingerprint density at radius 3 is 2.32 bits per heavy atom. The number of hydrogen-bond acceptors (Lipinski definition) is 4. The molecule has 1 heterocycles. The molecule has 7 heteroatoms. The average Bonchev–Trinajstić information content (AvgIpc) is 2.69. The van der Waals surface area contributed by atoms with Crippen LogP contribution in [0.2, 0.25) is 0 Å². The molecule has 0 bridgehead atoms. The van der Waals surface area contributed by atoms with E-state index >= 15 is 0 Å². The summed E-state index contributed by atoms with van der Waals surface area (Å²) in [5.41, 5.74) is -0.628. The van der Waals surface area contributed by atoms with Gasteiger partial charge in [0.1, 0.15) is 5.75 Å².